The Bertz CT molecular complexity index is 828. The minimum absolute atomic E-state index is 0.0510. The van der Waals surface area contributed by atoms with Gasteiger partial charge < -0.3 is 24.7 Å². The van der Waals surface area contributed by atoms with Crippen molar-refractivity contribution in [3.05, 3.63) is 33.9 Å². The van der Waals surface area contributed by atoms with Crippen LogP contribution >= 0.6 is 0 Å². The summed E-state index contributed by atoms with van der Waals surface area (Å²) < 4.78 is 15.9. The van der Waals surface area contributed by atoms with Gasteiger partial charge >= 0.3 is 0 Å². The molecule has 0 spiro atoms. The number of carbonyl (C=O) groups is 1. The molecule has 8 heteroatoms. The third-order valence-electron chi connectivity index (χ3n) is 3.96. The summed E-state index contributed by atoms with van der Waals surface area (Å²) in [5.74, 6) is -2.03. The highest BCUT2D eigenvalue weighted by Gasteiger charge is 2.20. The van der Waals surface area contributed by atoms with Gasteiger partial charge in [-0.2, -0.15) is 0 Å². The van der Waals surface area contributed by atoms with Crippen molar-refractivity contribution in [2.24, 2.45) is 0 Å². The Hall–Kier alpha value is -2.48. The predicted octanol–water partition coefficient (Wildman–Crippen LogP) is -0.671. The Kier molecular flexibility index (Phi) is 3.99. The fourth-order valence-electron chi connectivity index (χ4n) is 2.76. The molecule has 1 saturated heterocycles. The van der Waals surface area contributed by atoms with Crippen molar-refractivity contribution >= 4 is 22.8 Å². The average Bonchev–Trinajstić information content (AvgIpc) is 2.55. The van der Waals surface area contributed by atoms with E-state index in [-0.39, 0.29) is 16.9 Å². The summed E-state index contributed by atoms with van der Waals surface area (Å²) in [6, 6.07) is 1.07. The number of hydrogen-bond donors (Lipinski definition) is 1. The van der Waals surface area contributed by atoms with Crippen molar-refractivity contribution < 1.29 is 14.3 Å². The number of piperazine rings is 1. The van der Waals surface area contributed by atoms with Crippen LogP contribution in [-0.4, -0.2) is 41.7 Å². The number of carbonyl (C=O) groups excluding carboxylic acids is 1. The molecular weight excluding hydrogens is 303 g/mol. The van der Waals surface area contributed by atoms with Gasteiger partial charge in [0.05, 0.1) is 16.9 Å². The van der Waals surface area contributed by atoms with Crippen LogP contribution in [0.2, 0.25) is 0 Å². The lowest BCUT2D eigenvalue weighted by Crippen LogP contribution is -2.44. The molecule has 1 aliphatic heterocycles. The van der Waals surface area contributed by atoms with Gasteiger partial charge in [-0.25, -0.2) is 9.37 Å². The van der Waals surface area contributed by atoms with E-state index in [0.717, 1.165) is 19.2 Å². The number of aromatic nitrogens is 2. The van der Waals surface area contributed by atoms with E-state index in [1.807, 2.05) is 4.90 Å². The Morgan fingerprint density at radius 1 is 1.43 bits per heavy atom. The average molecular weight is 319 g/mol. The molecule has 3 rings (SSSR count). The van der Waals surface area contributed by atoms with Crippen molar-refractivity contribution in [2.75, 3.05) is 31.1 Å². The number of rotatable bonds is 3. The first-order valence-electron chi connectivity index (χ1n) is 7.43. The smallest absolute Gasteiger partial charge is 0.200 e. The minimum Gasteiger partial charge on any atom is -0.545 e. The fraction of sp³-hybridized carbons (Fsp3) is 0.400. The number of fused-ring (bicyclic) bond motifs is 1. The summed E-state index contributed by atoms with van der Waals surface area (Å²) in [5, 5.41) is 14.2. The molecule has 0 aromatic carbocycles. The van der Waals surface area contributed by atoms with Crippen LogP contribution in [0.5, 0.6) is 0 Å². The van der Waals surface area contributed by atoms with Crippen LogP contribution in [0, 0.1) is 5.82 Å². The summed E-state index contributed by atoms with van der Waals surface area (Å²) in [6.07, 6.45) is 1.20. The second-order valence-corrected chi connectivity index (χ2v) is 5.35. The van der Waals surface area contributed by atoms with Crippen LogP contribution in [0.25, 0.3) is 11.0 Å². The van der Waals surface area contributed by atoms with Gasteiger partial charge in [0.2, 0.25) is 0 Å². The number of aryl methyl sites for hydroxylation is 1. The maximum absolute atomic E-state index is 14.4. The lowest BCUT2D eigenvalue weighted by molar-refractivity contribution is -0.255. The summed E-state index contributed by atoms with van der Waals surface area (Å²) in [5.41, 5.74) is -0.990. The first-order chi connectivity index (χ1) is 11.0. The van der Waals surface area contributed by atoms with E-state index in [0.29, 0.717) is 19.6 Å². The van der Waals surface area contributed by atoms with Crippen LogP contribution in [0.4, 0.5) is 10.2 Å². The molecule has 0 aliphatic carbocycles. The highest BCUT2D eigenvalue weighted by atomic mass is 19.1. The van der Waals surface area contributed by atoms with Gasteiger partial charge in [0, 0.05) is 38.9 Å². The minimum atomic E-state index is -1.58. The largest absolute Gasteiger partial charge is 0.545 e. The third-order valence-corrected chi connectivity index (χ3v) is 3.96. The molecule has 23 heavy (non-hydrogen) atoms. The molecular formula is C15H16FN4O3-. The molecule has 2 aromatic heterocycles. The van der Waals surface area contributed by atoms with Gasteiger partial charge in [-0.05, 0) is 13.0 Å². The number of carboxylic acids is 1. The fourth-order valence-corrected chi connectivity index (χ4v) is 2.76. The first kappa shape index (κ1) is 15.4. The molecule has 7 nitrogen and oxygen atoms in total. The topological polar surface area (TPSA) is 90.3 Å². The Morgan fingerprint density at radius 3 is 2.74 bits per heavy atom. The molecule has 1 aliphatic rings. The first-order valence-corrected chi connectivity index (χ1v) is 7.43. The SMILES string of the molecule is CCn1cc(C(=O)[O-])c(=O)c2cc(F)c(N3CCNCC3)nc21. The quantitative estimate of drug-likeness (QED) is 0.807. The number of carboxylic acid groups (broad SMARTS) is 1. The van der Waals surface area contributed by atoms with E-state index in [2.05, 4.69) is 10.3 Å². The van der Waals surface area contributed by atoms with Crippen LogP contribution in [-0.2, 0) is 6.54 Å². The van der Waals surface area contributed by atoms with Gasteiger partial charge in [-0.3, -0.25) is 4.79 Å². The van der Waals surface area contributed by atoms with E-state index >= 15 is 0 Å². The number of anilines is 1. The zero-order chi connectivity index (χ0) is 16.6. The second-order valence-electron chi connectivity index (χ2n) is 5.35. The second kappa shape index (κ2) is 5.96. The van der Waals surface area contributed by atoms with Crippen LogP contribution in [0.1, 0.15) is 17.3 Å². The molecule has 2 aromatic rings. The molecule has 0 amide bonds. The maximum Gasteiger partial charge on any atom is 0.200 e. The number of hydrogen-bond acceptors (Lipinski definition) is 6. The summed E-state index contributed by atoms with van der Waals surface area (Å²) in [4.78, 5) is 29.4. The van der Waals surface area contributed by atoms with Crippen molar-refractivity contribution in [3.63, 3.8) is 0 Å². The highest BCUT2D eigenvalue weighted by molar-refractivity contribution is 5.90. The number of pyridine rings is 2. The molecule has 0 radical (unpaired) electrons. The third kappa shape index (κ3) is 2.65. The molecule has 1 N–H and O–H groups in total. The number of nitrogens with one attached hydrogen (secondary N) is 1. The lowest BCUT2D eigenvalue weighted by Gasteiger charge is -2.29. The standard InChI is InChI=1S/C15H17FN4O3/c1-2-19-8-10(15(22)23)12(21)9-7-11(16)14(18-13(9)19)20-5-3-17-4-6-20/h7-8,17H,2-6H2,1H3,(H,22,23)/p-1. The van der Waals surface area contributed by atoms with Crippen LogP contribution in [0.15, 0.2) is 17.1 Å². The normalized spacial score (nSPS) is 15.1. The maximum atomic E-state index is 14.4. The van der Waals surface area contributed by atoms with Crippen molar-refractivity contribution in [1.82, 2.24) is 14.9 Å². The van der Waals surface area contributed by atoms with Gasteiger partial charge in [-0.15, -0.1) is 0 Å². The van der Waals surface area contributed by atoms with E-state index in [4.69, 9.17) is 0 Å². The zero-order valence-electron chi connectivity index (χ0n) is 12.6. The van der Waals surface area contributed by atoms with E-state index in [1.54, 1.807) is 6.92 Å². The summed E-state index contributed by atoms with van der Waals surface area (Å²) in [6.45, 7) is 4.87. The summed E-state index contributed by atoms with van der Waals surface area (Å²) in [7, 11) is 0. The molecule has 122 valence electrons. The number of halogens is 1. The Balaban J connectivity index is 2.24. The van der Waals surface area contributed by atoms with Crippen LogP contribution < -0.4 is 20.8 Å². The van der Waals surface area contributed by atoms with Gasteiger partial charge in [-0.1, -0.05) is 0 Å². The Labute approximate surface area is 131 Å². The van der Waals surface area contributed by atoms with E-state index < -0.39 is 22.8 Å². The monoisotopic (exact) mass is 319 g/mol. The van der Waals surface area contributed by atoms with E-state index in [1.165, 1.54) is 10.8 Å². The molecule has 1 fully saturated rings. The molecule has 0 bridgehead atoms. The molecule has 3 heterocycles. The number of aromatic carboxylic acids is 1. The zero-order valence-corrected chi connectivity index (χ0v) is 12.6. The molecule has 0 atom stereocenters. The van der Waals surface area contributed by atoms with Crippen molar-refractivity contribution in [2.45, 2.75) is 13.5 Å². The number of nitrogens with zero attached hydrogens (tertiary/aromatic N) is 3. The predicted molar refractivity (Wildman–Crippen MR) is 81.0 cm³/mol. The lowest BCUT2D eigenvalue weighted by atomic mass is 10.2. The van der Waals surface area contributed by atoms with E-state index in [9.17, 15) is 19.1 Å². The molecule has 0 saturated carbocycles. The van der Waals surface area contributed by atoms with Gasteiger partial charge in [0.1, 0.15) is 5.65 Å². The van der Waals surface area contributed by atoms with Gasteiger partial charge in [0.25, 0.3) is 0 Å². The van der Waals surface area contributed by atoms with Crippen molar-refractivity contribution in [1.29, 1.82) is 0 Å². The van der Waals surface area contributed by atoms with Gasteiger partial charge in [0.15, 0.2) is 17.1 Å². The van der Waals surface area contributed by atoms with Crippen molar-refractivity contribution in [3.8, 4) is 0 Å². The summed E-state index contributed by atoms with van der Waals surface area (Å²) >= 11 is 0. The van der Waals surface area contributed by atoms with Crippen LogP contribution in [0.3, 0.4) is 0 Å². The Morgan fingerprint density at radius 2 is 2.13 bits per heavy atom. The highest BCUT2D eigenvalue weighted by Crippen LogP contribution is 2.21. The molecule has 0 unspecified atom stereocenters.